The zero-order valence-corrected chi connectivity index (χ0v) is 12.0. The van der Waals surface area contributed by atoms with Gasteiger partial charge in [0, 0.05) is 23.6 Å². The largest absolute Gasteiger partial charge is 0.346 e. The van der Waals surface area contributed by atoms with Crippen LogP contribution in [0, 0.1) is 0 Å². The molecule has 5 heteroatoms. The molecule has 0 bridgehead atoms. The van der Waals surface area contributed by atoms with Gasteiger partial charge in [0.15, 0.2) is 0 Å². The van der Waals surface area contributed by atoms with Crippen molar-refractivity contribution < 1.29 is 8.42 Å². The maximum absolute atomic E-state index is 11.6. The molecule has 4 nitrogen and oxygen atoms in total. The third-order valence-electron chi connectivity index (χ3n) is 3.31. The molecule has 0 spiro atoms. The Morgan fingerprint density at radius 3 is 2.58 bits per heavy atom. The van der Waals surface area contributed by atoms with E-state index in [2.05, 4.69) is 6.92 Å². The lowest BCUT2D eigenvalue weighted by atomic mass is 10.2. The number of sulfonamides is 1. The van der Waals surface area contributed by atoms with E-state index in [4.69, 9.17) is 5.14 Å². The van der Waals surface area contributed by atoms with Crippen molar-refractivity contribution in [3.63, 3.8) is 0 Å². The molecule has 0 atom stereocenters. The van der Waals surface area contributed by atoms with E-state index in [1.807, 2.05) is 22.8 Å². The van der Waals surface area contributed by atoms with Gasteiger partial charge >= 0.3 is 0 Å². The summed E-state index contributed by atoms with van der Waals surface area (Å²) in [6, 6.07) is 7.48. The van der Waals surface area contributed by atoms with Crippen molar-refractivity contribution in [1.82, 2.24) is 4.57 Å². The fourth-order valence-corrected chi connectivity index (χ4v) is 3.09. The summed E-state index contributed by atoms with van der Waals surface area (Å²) in [4.78, 5) is 0.221. The third kappa shape index (κ3) is 3.16. The van der Waals surface area contributed by atoms with E-state index in [0.717, 1.165) is 24.9 Å². The molecule has 1 aromatic heterocycles. The average molecular weight is 280 g/mol. The molecule has 1 aromatic carbocycles. The van der Waals surface area contributed by atoms with Crippen molar-refractivity contribution in [2.75, 3.05) is 0 Å². The van der Waals surface area contributed by atoms with Crippen molar-refractivity contribution in [1.29, 1.82) is 0 Å². The van der Waals surface area contributed by atoms with Gasteiger partial charge in [-0.1, -0.05) is 44.4 Å². The maximum atomic E-state index is 11.6. The van der Waals surface area contributed by atoms with Gasteiger partial charge in [0.1, 0.15) is 4.90 Å². The summed E-state index contributed by atoms with van der Waals surface area (Å²) in [5.41, 5.74) is 0.933. The predicted molar refractivity (Wildman–Crippen MR) is 77.5 cm³/mol. The number of benzene rings is 1. The Morgan fingerprint density at radius 2 is 1.89 bits per heavy atom. The van der Waals surface area contributed by atoms with E-state index in [0.29, 0.717) is 5.39 Å². The maximum Gasteiger partial charge on any atom is 0.240 e. The van der Waals surface area contributed by atoms with Crippen LogP contribution in [0.4, 0.5) is 0 Å². The molecule has 2 aromatic rings. The second-order valence-electron chi connectivity index (χ2n) is 4.81. The normalized spacial score (nSPS) is 12.1. The van der Waals surface area contributed by atoms with Crippen molar-refractivity contribution in [2.24, 2.45) is 5.14 Å². The van der Waals surface area contributed by atoms with Crippen LogP contribution in [-0.2, 0) is 16.6 Å². The van der Waals surface area contributed by atoms with Crippen LogP contribution < -0.4 is 5.14 Å². The highest BCUT2D eigenvalue weighted by Crippen LogP contribution is 2.24. The molecule has 0 saturated heterocycles. The number of unbranched alkanes of at least 4 members (excludes halogenated alkanes) is 3. The zero-order chi connectivity index (χ0) is 13.9. The molecule has 19 heavy (non-hydrogen) atoms. The van der Waals surface area contributed by atoms with Gasteiger partial charge in [-0.05, 0) is 12.5 Å². The molecule has 104 valence electrons. The number of rotatable bonds is 6. The van der Waals surface area contributed by atoms with Gasteiger partial charge in [-0.3, -0.25) is 0 Å². The number of primary sulfonamides is 1. The van der Waals surface area contributed by atoms with Crippen LogP contribution in [-0.4, -0.2) is 13.0 Å². The Bertz CT molecular complexity index is 659. The number of hydrogen-bond acceptors (Lipinski definition) is 2. The average Bonchev–Trinajstić information content (AvgIpc) is 2.74. The molecule has 2 N–H and O–H groups in total. The van der Waals surface area contributed by atoms with Gasteiger partial charge in [0.05, 0.1) is 0 Å². The molecule has 2 rings (SSSR count). The Morgan fingerprint density at radius 1 is 1.16 bits per heavy atom. The minimum absolute atomic E-state index is 0.221. The van der Waals surface area contributed by atoms with Crippen LogP contribution in [0.2, 0.25) is 0 Å². The molecule has 0 aliphatic carbocycles. The standard InChI is InChI=1S/C14H20N2O2S/c1-2-3-4-7-10-16-11-14(19(15,17)18)12-8-5-6-9-13(12)16/h5-6,8-9,11H,2-4,7,10H2,1H3,(H2,15,17,18). The van der Waals surface area contributed by atoms with Crippen molar-refractivity contribution in [3.05, 3.63) is 30.5 Å². The van der Waals surface area contributed by atoms with E-state index < -0.39 is 10.0 Å². The van der Waals surface area contributed by atoms with Crippen LogP contribution in [0.1, 0.15) is 32.6 Å². The van der Waals surface area contributed by atoms with Crippen LogP contribution in [0.25, 0.3) is 10.9 Å². The smallest absolute Gasteiger partial charge is 0.240 e. The summed E-state index contributed by atoms with van der Waals surface area (Å²) < 4.78 is 25.2. The van der Waals surface area contributed by atoms with Gasteiger partial charge in [-0.15, -0.1) is 0 Å². The summed E-state index contributed by atoms with van der Waals surface area (Å²) in [5, 5.41) is 5.98. The van der Waals surface area contributed by atoms with E-state index in [1.54, 1.807) is 12.3 Å². The molecule has 0 unspecified atom stereocenters. The molecule has 0 saturated carbocycles. The topological polar surface area (TPSA) is 65.1 Å². The molecular formula is C14H20N2O2S. The fraction of sp³-hybridized carbons (Fsp3) is 0.429. The quantitative estimate of drug-likeness (QED) is 0.827. The lowest BCUT2D eigenvalue weighted by molar-refractivity contribution is 0.587. The Hall–Kier alpha value is -1.33. The first-order chi connectivity index (χ1) is 9.04. The highest BCUT2D eigenvalue weighted by atomic mass is 32.2. The number of nitrogens with two attached hydrogens (primary N) is 1. The second kappa shape index (κ2) is 5.75. The van der Waals surface area contributed by atoms with Crippen molar-refractivity contribution in [2.45, 2.75) is 44.0 Å². The van der Waals surface area contributed by atoms with Gasteiger partial charge in [0.25, 0.3) is 0 Å². The number of hydrogen-bond donors (Lipinski definition) is 1. The predicted octanol–water partition coefficient (Wildman–Crippen LogP) is 2.87. The first-order valence-electron chi connectivity index (χ1n) is 6.64. The second-order valence-corrected chi connectivity index (χ2v) is 6.34. The third-order valence-corrected chi connectivity index (χ3v) is 4.25. The van der Waals surface area contributed by atoms with Gasteiger partial charge in [-0.25, -0.2) is 13.6 Å². The summed E-state index contributed by atoms with van der Waals surface area (Å²) >= 11 is 0. The highest BCUT2D eigenvalue weighted by Gasteiger charge is 2.16. The highest BCUT2D eigenvalue weighted by molar-refractivity contribution is 7.89. The van der Waals surface area contributed by atoms with Gasteiger partial charge < -0.3 is 4.57 Å². The van der Waals surface area contributed by atoms with E-state index in [9.17, 15) is 8.42 Å². The Kier molecular flexibility index (Phi) is 4.27. The van der Waals surface area contributed by atoms with E-state index in [-0.39, 0.29) is 4.90 Å². The molecule has 1 heterocycles. The molecule has 0 aliphatic heterocycles. The van der Waals surface area contributed by atoms with Crippen molar-refractivity contribution in [3.8, 4) is 0 Å². The number of fused-ring (bicyclic) bond motifs is 1. The Balaban J connectivity index is 2.34. The summed E-state index contributed by atoms with van der Waals surface area (Å²) in [5.74, 6) is 0. The molecule has 0 fully saturated rings. The first kappa shape index (κ1) is 14.1. The monoisotopic (exact) mass is 280 g/mol. The summed E-state index contributed by atoms with van der Waals surface area (Å²) in [7, 11) is -3.66. The lowest BCUT2D eigenvalue weighted by Gasteiger charge is -2.04. The SMILES string of the molecule is CCCCCCn1cc(S(N)(=O)=O)c2ccccc21. The molecule has 0 amide bonds. The summed E-state index contributed by atoms with van der Waals surface area (Å²) in [6.45, 7) is 3.00. The number of aryl methyl sites for hydroxylation is 1. The minimum atomic E-state index is -3.66. The molecule has 0 aliphatic rings. The van der Waals surface area contributed by atoms with Gasteiger partial charge in [0.2, 0.25) is 10.0 Å². The van der Waals surface area contributed by atoms with E-state index in [1.165, 1.54) is 12.8 Å². The molecular weight excluding hydrogens is 260 g/mol. The lowest BCUT2D eigenvalue weighted by Crippen LogP contribution is -2.11. The van der Waals surface area contributed by atoms with Crippen LogP contribution in [0.15, 0.2) is 35.4 Å². The Labute approximate surface area is 114 Å². The summed E-state index contributed by atoms with van der Waals surface area (Å²) in [6.07, 6.45) is 6.27. The van der Waals surface area contributed by atoms with Crippen LogP contribution >= 0.6 is 0 Å². The first-order valence-corrected chi connectivity index (χ1v) is 8.19. The fourth-order valence-electron chi connectivity index (χ4n) is 2.33. The number of para-hydroxylation sites is 1. The van der Waals surface area contributed by atoms with E-state index >= 15 is 0 Å². The van der Waals surface area contributed by atoms with Crippen molar-refractivity contribution >= 4 is 20.9 Å². The number of aromatic nitrogens is 1. The molecule has 0 radical (unpaired) electrons. The zero-order valence-electron chi connectivity index (χ0n) is 11.2. The van der Waals surface area contributed by atoms with Crippen LogP contribution in [0.3, 0.4) is 0 Å². The van der Waals surface area contributed by atoms with Gasteiger partial charge in [-0.2, -0.15) is 0 Å². The van der Waals surface area contributed by atoms with Crippen LogP contribution in [0.5, 0.6) is 0 Å². The number of nitrogens with zero attached hydrogens (tertiary/aromatic N) is 1. The minimum Gasteiger partial charge on any atom is -0.346 e.